The number of sulfonamides is 1. The number of aromatic nitrogens is 1. The summed E-state index contributed by atoms with van der Waals surface area (Å²) in [5.41, 5.74) is 0.436. The molecule has 0 aromatic carbocycles. The molecule has 44 heavy (non-hydrogen) atoms. The van der Waals surface area contributed by atoms with Gasteiger partial charge in [0.25, 0.3) is 15.9 Å². The zero-order valence-corrected chi connectivity index (χ0v) is 25.0. The molecule has 0 spiro atoms. The van der Waals surface area contributed by atoms with Crippen LogP contribution in [-0.4, -0.2) is 83.7 Å². The normalized spacial score (nSPS) is 19.8. The Labute approximate surface area is 256 Å². The summed E-state index contributed by atoms with van der Waals surface area (Å²) in [6, 6.07) is 0.649. The Bertz CT molecular complexity index is 1580. The van der Waals surface area contributed by atoms with Crippen molar-refractivity contribution in [3.8, 4) is 10.6 Å². The van der Waals surface area contributed by atoms with Gasteiger partial charge in [0.05, 0.1) is 10.9 Å². The van der Waals surface area contributed by atoms with Crippen LogP contribution in [0.5, 0.6) is 0 Å². The van der Waals surface area contributed by atoms with Crippen LogP contribution in [0.4, 0.5) is 0 Å². The van der Waals surface area contributed by atoms with Gasteiger partial charge in [-0.25, -0.2) is 13.4 Å². The quantitative estimate of drug-likeness (QED) is 0.131. The standard InChI is InChI=1S/C26H29N7O9S2/c1-2-13-41-23(36)9-6-16(20(34)15-28-27)29-25(37)19-4-3-12-32-22(35)8-5-18(26(38)33(19)32)31-44(39,40)24-10-7-21(43-24)17-11-14-42-30-17/h2,7,10-11,14-16,18-19,31H,1,3-6,8-9,12-13H2,(H-,29,34,37)/p+1/b20-15-/t16-,18-,19-/m0/s1. The summed E-state index contributed by atoms with van der Waals surface area (Å²) < 4.78 is 38.6. The first kappa shape index (κ1) is 32.3. The van der Waals surface area contributed by atoms with E-state index in [-0.39, 0.29) is 49.5 Å². The van der Waals surface area contributed by atoms with Gasteiger partial charge in [0.1, 0.15) is 34.9 Å². The minimum absolute atomic E-state index is 0.0349. The Balaban J connectivity index is 1.53. The maximum Gasteiger partial charge on any atom is 0.389 e. The molecule has 4 heterocycles. The van der Waals surface area contributed by atoms with Gasteiger partial charge in [-0.05, 0) is 37.8 Å². The topological polar surface area (TPSA) is 217 Å². The lowest BCUT2D eigenvalue weighted by molar-refractivity contribution is -0.176. The van der Waals surface area contributed by atoms with Gasteiger partial charge in [0, 0.05) is 25.5 Å². The highest BCUT2D eigenvalue weighted by molar-refractivity contribution is 7.91. The Morgan fingerprint density at radius 1 is 1.32 bits per heavy atom. The number of diazo groups is 1. The number of nitrogens with zero attached hydrogens (tertiary/aromatic N) is 5. The molecular formula is C26H30N7O9S2+. The van der Waals surface area contributed by atoms with Crippen molar-refractivity contribution in [2.24, 2.45) is 0 Å². The molecule has 2 aromatic rings. The van der Waals surface area contributed by atoms with Gasteiger partial charge in [0.2, 0.25) is 23.0 Å². The van der Waals surface area contributed by atoms with E-state index in [0.29, 0.717) is 23.2 Å². The van der Waals surface area contributed by atoms with Crippen LogP contribution in [0.15, 0.2) is 57.8 Å². The molecule has 0 radical (unpaired) electrons. The lowest BCUT2D eigenvalue weighted by atomic mass is 10.0. The second-order valence-corrected chi connectivity index (χ2v) is 12.8. The zero-order valence-electron chi connectivity index (χ0n) is 23.3. The number of aliphatic hydroxyl groups is 1. The largest absolute Gasteiger partial charge is 0.504 e. The fraction of sp³-hybridized carbons (Fsp3) is 0.423. The molecule has 0 unspecified atom stereocenters. The summed E-state index contributed by atoms with van der Waals surface area (Å²) in [5.74, 6) is -3.26. The predicted octanol–water partition coefficient (Wildman–Crippen LogP) is 1.83. The van der Waals surface area contributed by atoms with Crippen molar-refractivity contribution in [2.45, 2.75) is 60.9 Å². The molecule has 2 aromatic heterocycles. The van der Waals surface area contributed by atoms with Crippen molar-refractivity contribution in [1.29, 1.82) is 5.39 Å². The van der Waals surface area contributed by atoms with Gasteiger partial charge in [-0.2, -0.15) is 4.72 Å². The van der Waals surface area contributed by atoms with Crippen LogP contribution < -0.4 is 10.0 Å². The minimum atomic E-state index is -4.22. The predicted molar refractivity (Wildman–Crippen MR) is 153 cm³/mol. The summed E-state index contributed by atoms with van der Waals surface area (Å²) in [6.45, 7) is 3.54. The number of nitrogens with one attached hydrogen (secondary N) is 2. The molecule has 2 aliphatic rings. The van der Waals surface area contributed by atoms with Crippen molar-refractivity contribution in [3.63, 3.8) is 0 Å². The first-order chi connectivity index (χ1) is 21.1. The van der Waals surface area contributed by atoms with E-state index in [1.165, 1.54) is 18.4 Å². The number of hydrazine groups is 1. The molecule has 3 N–H and O–H groups in total. The molecule has 3 atom stereocenters. The fourth-order valence-corrected chi connectivity index (χ4v) is 7.27. The van der Waals surface area contributed by atoms with Crippen molar-refractivity contribution < 1.29 is 42.0 Å². The third-order valence-corrected chi connectivity index (χ3v) is 9.93. The van der Waals surface area contributed by atoms with Gasteiger partial charge in [-0.1, -0.05) is 17.8 Å². The molecule has 0 aliphatic carbocycles. The summed E-state index contributed by atoms with van der Waals surface area (Å²) in [5, 5.41) is 27.7. The molecule has 2 fully saturated rings. The molecule has 2 aliphatic heterocycles. The number of thiophene rings is 1. The molecule has 0 bridgehead atoms. The SMILES string of the molecule is C=CCOC(=O)CC[C@H](NC(=O)[C@@H]1CCCN2C(=O)CC[C@H](NS(=O)(=O)c3ccc(-c4ccon4)s3)C(=O)N12)/C(O)=C/[N+]#N. The Morgan fingerprint density at radius 2 is 2.11 bits per heavy atom. The van der Waals surface area contributed by atoms with Crippen LogP contribution in [0.2, 0.25) is 0 Å². The molecule has 4 rings (SSSR count). The first-order valence-electron chi connectivity index (χ1n) is 13.5. The van der Waals surface area contributed by atoms with Crippen molar-refractivity contribution >= 4 is 45.1 Å². The van der Waals surface area contributed by atoms with E-state index in [2.05, 4.69) is 26.8 Å². The smallest absolute Gasteiger partial charge is 0.389 e. The lowest BCUT2D eigenvalue weighted by Crippen LogP contribution is -2.64. The second-order valence-electron chi connectivity index (χ2n) is 9.81. The second kappa shape index (κ2) is 14.2. The number of carbonyl (C=O) groups excluding carboxylic acids is 4. The molecule has 2 saturated heterocycles. The number of amides is 3. The molecule has 16 nitrogen and oxygen atoms in total. The highest BCUT2D eigenvalue weighted by atomic mass is 32.2. The van der Waals surface area contributed by atoms with Gasteiger partial charge < -0.3 is 19.7 Å². The third kappa shape index (κ3) is 7.48. The molecule has 234 valence electrons. The van der Waals surface area contributed by atoms with E-state index in [1.54, 1.807) is 12.1 Å². The average Bonchev–Trinajstić information content (AvgIpc) is 3.70. The number of aliphatic hydroxyl groups excluding tert-OH is 1. The maximum atomic E-state index is 13.8. The third-order valence-electron chi connectivity index (χ3n) is 6.86. The number of ether oxygens (including phenoxy) is 1. The molecule has 3 amide bonds. The van der Waals surface area contributed by atoms with Gasteiger partial charge >= 0.3 is 12.2 Å². The van der Waals surface area contributed by atoms with Crippen LogP contribution in [0.1, 0.15) is 38.5 Å². The van der Waals surface area contributed by atoms with Crippen LogP contribution >= 0.6 is 11.3 Å². The summed E-state index contributed by atoms with van der Waals surface area (Å²) >= 11 is 0.914. The number of hydrogen-bond acceptors (Lipinski definition) is 12. The van der Waals surface area contributed by atoms with E-state index in [1.807, 2.05) is 0 Å². The van der Waals surface area contributed by atoms with E-state index in [9.17, 15) is 32.7 Å². The summed E-state index contributed by atoms with van der Waals surface area (Å²) in [7, 11) is -4.22. The summed E-state index contributed by atoms with van der Waals surface area (Å²) in [4.78, 5) is 55.6. The number of esters is 1. The Morgan fingerprint density at radius 3 is 2.82 bits per heavy atom. The Kier molecular flexibility index (Phi) is 10.5. The molecule has 18 heteroatoms. The minimum Gasteiger partial charge on any atom is -0.504 e. The van der Waals surface area contributed by atoms with Crippen molar-refractivity contribution in [1.82, 2.24) is 25.2 Å². The monoisotopic (exact) mass is 648 g/mol. The highest BCUT2D eigenvalue weighted by Gasteiger charge is 2.45. The Hall–Kier alpha value is -4.60. The highest BCUT2D eigenvalue weighted by Crippen LogP contribution is 2.31. The van der Waals surface area contributed by atoms with E-state index < -0.39 is 57.6 Å². The number of fused-ring (bicyclic) bond motifs is 1. The number of hydrogen-bond donors (Lipinski definition) is 3. The van der Waals surface area contributed by atoms with E-state index >= 15 is 0 Å². The van der Waals surface area contributed by atoms with E-state index in [4.69, 9.17) is 14.7 Å². The fourth-order valence-electron chi connectivity index (χ4n) is 4.77. The molecule has 0 saturated carbocycles. The lowest BCUT2D eigenvalue weighted by Gasteiger charge is -2.43. The van der Waals surface area contributed by atoms with Crippen molar-refractivity contribution in [2.75, 3.05) is 13.2 Å². The van der Waals surface area contributed by atoms with E-state index in [0.717, 1.165) is 21.4 Å². The van der Waals surface area contributed by atoms with Crippen LogP contribution in [0, 0.1) is 5.39 Å². The number of rotatable bonds is 12. The van der Waals surface area contributed by atoms with Crippen LogP contribution in [0.25, 0.3) is 15.5 Å². The van der Waals surface area contributed by atoms with Gasteiger partial charge in [0.15, 0.2) is 4.98 Å². The average molecular weight is 649 g/mol. The van der Waals surface area contributed by atoms with Crippen LogP contribution in [-0.2, 0) is 33.9 Å². The molecular weight excluding hydrogens is 618 g/mol. The maximum absolute atomic E-state index is 13.8. The number of carbonyl (C=O) groups is 4. The van der Waals surface area contributed by atoms with Gasteiger partial charge in [-0.15, -0.1) is 11.3 Å². The zero-order chi connectivity index (χ0) is 31.9. The van der Waals surface area contributed by atoms with Crippen LogP contribution in [0.3, 0.4) is 0 Å². The van der Waals surface area contributed by atoms with Crippen molar-refractivity contribution in [3.05, 3.63) is 54.1 Å². The first-order valence-corrected chi connectivity index (χ1v) is 15.8. The summed E-state index contributed by atoms with van der Waals surface area (Å²) in [6.07, 6.45) is 3.19. The van der Waals surface area contributed by atoms with Gasteiger partial charge in [-0.3, -0.25) is 24.2 Å².